The van der Waals surface area contributed by atoms with E-state index in [-0.39, 0.29) is 0 Å². The van der Waals surface area contributed by atoms with Gasteiger partial charge in [-0.25, -0.2) is 0 Å². The Kier molecular flexibility index (Phi) is 4.72. The molecule has 0 spiro atoms. The van der Waals surface area contributed by atoms with Crippen LogP contribution in [-0.4, -0.2) is 37.6 Å². The lowest BCUT2D eigenvalue weighted by atomic mass is 11.8. The molecule has 4 nitrogen and oxygen atoms in total. The molecule has 0 aliphatic rings. The predicted octanol–water partition coefficient (Wildman–Crippen LogP) is 1.76. The van der Waals surface area contributed by atoms with Crippen molar-refractivity contribution in [1.82, 2.24) is 0 Å². The zero-order valence-electron chi connectivity index (χ0n) is 10.2. The van der Waals surface area contributed by atoms with Gasteiger partial charge in [0, 0.05) is 13.7 Å². The summed E-state index contributed by atoms with van der Waals surface area (Å²) in [5.41, 5.74) is 0. The van der Waals surface area contributed by atoms with E-state index in [2.05, 4.69) is 19.6 Å². The molecule has 0 saturated heterocycles. The lowest BCUT2D eigenvalue weighted by Crippen LogP contribution is -2.53. The Balaban J connectivity index is 4.35. The zero-order chi connectivity index (χ0) is 11.6. The molecule has 0 heterocycles. The first-order chi connectivity index (χ1) is 5.97. The Morgan fingerprint density at radius 2 is 1.29 bits per heavy atom. The molecule has 0 aromatic rings. The Morgan fingerprint density at radius 1 is 0.857 bits per heavy atom. The van der Waals surface area contributed by atoms with Crippen LogP contribution in [0.15, 0.2) is 0 Å². The quantitative estimate of drug-likeness (QED) is 0.760. The molecule has 0 rings (SSSR count). The third kappa shape index (κ3) is 6.87. The van der Waals surface area contributed by atoms with Crippen LogP contribution in [0, 0.1) is 0 Å². The van der Waals surface area contributed by atoms with E-state index in [9.17, 15) is 4.80 Å². The van der Waals surface area contributed by atoms with Crippen molar-refractivity contribution in [3.8, 4) is 0 Å². The fraction of sp³-hybridized carbons (Fsp3) is 1.00. The summed E-state index contributed by atoms with van der Waals surface area (Å²) in [4.78, 5) is 9.72. The van der Waals surface area contributed by atoms with Gasteiger partial charge in [0.25, 0.3) is 0 Å². The SMILES string of the molecule is CO[Si](C)(O)O[Si](C)(C)O[Si](C)(C)C. The van der Waals surface area contributed by atoms with Gasteiger partial charge >= 0.3 is 17.4 Å². The largest absolute Gasteiger partial charge is 0.485 e. The van der Waals surface area contributed by atoms with Crippen molar-refractivity contribution >= 4 is 25.7 Å². The van der Waals surface area contributed by atoms with Crippen LogP contribution in [0.5, 0.6) is 0 Å². The first kappa shape index (κ1) is 14.5. The Morgan fingerprint density at radius 3 is 1.57 bits per heavy atom. The van der Waals surface area contributed by atoms with E-state index < -0.39 is 25.7 Å². The van der Waals surface area contributed by atoms with E-state index in [1.807, 2.05) is 13.1 Å². The summed E-state index contributed by atoms with van der Waals surface area (Å²) < 4.78 is 16.4. The van der Waals surface area contributed by atoms with Crippen molar-refractivity contribution in [2.75, 3.05) is 7.11 Å². The molecule has 14 heavy (non-hydrogen) atoms. The molecule has 0 aliphatic carbocycles. The minimum absolute atomic E-state index is 1.46. The summed E-state index contributed by atoms with van der Waals surface area (Å²) in [6, 6.07) is 0. The van der Waals surface area contributed by atoms with E-state index in [4.69, 9.17) is 12.7 Å². The molecule has 0 amide bonds. The Bertz CT molecular complexity index is 188. The lowest BCUT2D eigenvalue weighted by Gasteiger charge is -2.34. The van der Waals surface area contributed by atoms with Gasteiger partial charge in [-0.2, -0.15) is 0 Å². The van der Waals surface area contributed by atoms with Gasteiger partial charge in [0.1, 0.15) is 0 Å². The van der Waals surface area contributed by atoms with Crippen LogP contribution in [0.3, 0.4) is 0 Å². The van der Waals surface area contributed by atoms with Crippen LogP contribution in [0.2, 0.25) is 39.3 Å². The molecular formula is C7H22O4Si3. The average Bonchev–Trinajstić information content (AvgIpc) is 1.78. The second kappa shape index (κ2) is 4.56. The normalized spacial score (nSPS) is 18.0. The summed E-state index contributed by atoms with van der Waals surface area (Å²) in [5.74, 6) is 0. The summed E-state index contributed by atoms with van der Waals surface area (Å²) in [5, 5.41) is 0. The van der Waals surface area contributed by atoms with E-state index in [0.29, 0.717) is 0 Å². The zero-order valence-corrected chi connectivity index (χ0v) is 13.2. The van der Waals surface area contributed by atoms with Crippen LogP contribution in [0.1, 0.15) is 0 Å². The van der Waals surface area contributed by atoms with Crippen molar-refractivity contribution in [3.63, 3.8) is 0 Å². The van der Waals surface area contributed by atoms with Gasteiger partial charge in [-0.3, -0.25) is 0 Å². The summed E-state index contributed by atoms with van der Waals surface area (Å²) in [6.45, 7) is 11.8. The minimum Gasteiger partial charge on any atom is -0.437 e. The highest BCUT2D eigenvalue weighted by Gasteiger charge is 2.41. The Labute approximate surface area is 89.9 Å². The Hall–Kier alpha value is 0.491. The van der Waals surface area contributed by atoms with E-state index >= 15 is 0 Å². The predicted molar refractivity (Wildman–Crippen MR) is 63.8 cm³/mol. The first-order valence-electron chi connectivity index (χ1n) is 4.65. The fourth-order valence-electron chi connectivity index (χ4n) is 1.26. The highest BCUT2D eigenvalue weighted by Crippen LogP contribution is 2.18. The third-order valence-electron chi connectivity index (χ3n) is 1.37. The minimum atomic E-state index is -2.95. The smallest absolute Gasteiger partial charge is 0.437 e. The second-order valence-electron chi connectivity index (χ2n) is 4.82. The van der Waals surface area contributed by atoms with Gasteiger partial charge in [-0.05, 0) is 32.7 Å². The maximum Gasteiger partial charge on any atom is 0.485 e. The molecular weight excluding hydrogens is 232 g/mol. The van der Waals surface area contributed by atoms with Crippen LogP contribution < -0.4 is 0 Å². The molecule has 1 atom stereocenters. The van der Waals surface area contributed by atoms with Gasteiger partial charge in [-0.1, -0.05) is 0 Å². The molecule has 1 N–H and O–H groups in total. The standard InChI is InChI=1S/C7H22O4Si3/c1-9-14(7,8)11-13(5,6)10-12(2,3)4/h8H,1-7H3. The number of hydrogen-bond acceptors (Lipinski definition) is 4. The van der Waals surface area contributed by atoms with Gasteiger partial charge in [0.2, 0.25) is 0 Å². The van der Waals surface area contributed by atoms with Crippen LogP contribution in [-0.2, 0) is 12.7 Å². The monoisotopic (exact) mass is 254 g/mol. The van der Waals surface area contributed by atoms with Crippen molar-refractivity contribution in [1.29, 1.82) is 0 Å². The molecule has 0 fully saturated rings. The van der Waals surface area contributed by atoms with Crippen molar-refractivity contribution in [2.45, 2.75) is 39.3 Å². The van der Waals surface area contributed by atoms with Crippen molar-refractivity contribution in [2.24, 2.45) is 0 Å². The number of hydrogen-bond donors (Lipinski definition) is 1. The lowest BCUT2D eigenvalue weighted by molar-refractivity contribution is 0.184. The second-order valence-corrected chi connectivity index (χ2v) is 15.7. The molecule has 0 bridgehead atoms. The van der Waals surface area contributed by atoms with Gasteiger partial charge in [0.15, 0.2) is 8.32 Å². The maximum absolute atomic E-state index is 9.72. The molecule has 0 aliphatic heterocycles. The highest BCUT2D eigenvalue weighted by atomic mass is 28.5. The maximum atomic E-state index is 9.72. The summed E-state index contributed by atoms with van der Waals surface area (Å²) >= 11 is 0. The fourth-order valence-corrected chi connectivity index (χ4v) is 11.7. The molecule has 0 aromatic heterocycles. The average molecular weight is 255 g/mol. The van der Waals surface area contributed by atoms with Crippen LogP contribution >= 0.6 is 0 Å². The van der Waals surface area contributed by atoms with Crippen LogP contribution in [0.25, 0.3) is 0 Å². The molecule has 7 heteroatoms. The van der Waals surface area contributed by atoms with Gasteiger partial charge < -0.3 is 17.5 Å². The van der Waals surface area contributed by atoms with Crippen molar-refractivity contribution in [3.05, 3.63) is 0 Å². The van der Waals surface area contributed by atoms with Gasteiger partial charge in [0.05, 0.1) is 0 Å². The number of rotatable bonds is 5. The third-order valence-corrected chi connectivity index (χ3v) is 10.0. The van der Waals surface area contributed by atoms with Crippen LogP contribution in [0.4, 0.5) is 0 Å². The van der Waals surface area contributed by atoms with E-state index in [1.165, 1.54) is 7.11 Å². The van der Waals surface area contributed by atoms with Crippen molar-refractivity contribution < 1.29 is 17.5 Å². The summed E-state index contributed by atoms with van der Waals surface area (Å²) in [6.07, 6.45) is 0. The van der Waals surface area contributed by atoms with E-state index in [1.54, 1.807) is 6.55 Å². The molecule has 86 valence electrons. The highest BCUT2D eigenvalue weighted by molar-refractivity contribution is 6.84. The van der Waals surface area contributed by atoms with E-state index in [0.717, 1.165) is 0 Å². The molecule has 0 radical (unpaired) electrons. The molecule has 1 unspecified atom stereocenters. The molecule has 0 aromatic carbocycles. The molecule has 0 saturated carbocycles. The topological polar surface area (TPSA) is 47.9 Å². The first-order valence-corrected chi connectivity index (χ1v) is 13.1. The van der Waals surface area contributed by atoms with Gasteiger partial charge in [-0.15, -0.1) is 0 Å². The summed E-state index contributed by atoms with van der Waals surface area (Å²) in [7, 11) is -5.35.